The van der Waals surface area contributed by atoms with Crippen LogP contribution in [0.2, 0.25) is 0 Å². The average molecular weight is 568 g/mol. The van der Waals surface area contributed by atoms with E-state index in [1.54, 1.807) is 19.9 Å². The summed E-state index contributed by atoms with van der Waals surface area (Å²) in [5, 5.41) is 44.6. The van der Waals surface area contributed by atoms with E-state index in [0.29, 0.717) is 17.0 Å². The van der Waals surface area contributed by atoms with Crippen molar-refractivity contribution in [1.82, 2.24) is 0 Å². The van der Waals surface area contributed by atoms with Gasteiger partial charge in [0.05, 0.1) is 12.2 Å². The summed E-state index contributed by atoms with van der Waals surface area (Å²) in [5.74, 6) is -8.32. The summed E-state index contributed by atoms with van der Waals surface area (Å²) >= 11 is 0. The normalized spacial score (nSPS) is 26.0. The molecule has 0 saturated heterocycles. The molecule has 1 aromatic carbocycles. The van der Waals surface area contributed by atoms with Gasteiger partial charge in [-0.2, -0.15) is 0 Å². The molecule has 4 atom stereocenters. The zero-order valence-electron chi connectivity index (χ0n) is 23.6. The summed E-state index contributed by atoms with van der Waals surface area (Å²) < 4.78 is 5.25. The summed E-state index contributed by atoms with van der Waals surface area (Å²) in [4.78, 5) is 51.5. The fraction of sp³-hybridized carbons (Fsp3) is 0.484. The van der Waals surface area contributed by atoms with Crippen molar-refractivity contribution in [2.75, 3.05) is 6.61 Å². The number of esters is 1. The van der Waals surface area contributed by atoms with Crippen molar-refractivity contribution in [2.45, 2.75) is 59.0 Å². The van der Waals surface area contributed by atoms with E-state index in [0.717, 1.165) is 12.8 Å². The van der Waals surface area contributed by atoms with Crippen LogP contribution in [0.5, 0.6) is 5.75 Å². The first-order valence-electron chi connectivity index (χ1n) is 13.9. The third-order valence-electron chi connectivity index (χ3n) is 8.46. The lowest BCUT2D eigenvalue weighted by Crippen LogP contribution is -2.62. The van der Waals surface area contributed by atoms with Gasteiger partial charge in [0.25, 0.3) is 5.91 Å². The van der Waals surface area contributed by atoms with Gasteiger partial charge in [-0.15, -0.1) is 0 Å². The number of hydrogen-bond donors (Lipinski definition) is 5. The Hall–Kier alpha value is -3.92. The Morgan fingerprint density at radius 2 is 1.83 bits per heavy atom. The lowest BCUT2D eigenvalue weighted by Gasteiger charge is -2.50. The second kappa shape index (κ2) is 11.2. The van der Waals surface area contributed by atoms with Crippen LogP contribution in [0.4, 0.5) is 0 Å². The van der Waals surface area contributed by atoms with Crippen LogP contribution in [-0.2, 0) is 30.3 Å². The number of nitrogens with two attached hydrogens (primary N) is 1. The van der Waals surface area contributed by atoms with Crippen LogP contribution in [0.3, 0.4) is 0 Å². The highest BCUT2D eigenvalue weighted by Gasteiger charge is 2.64. The highest BCUT2D eigenvalue weighted by atomic mass is 16.5. The topological polar surface area (TPSA) is 184 Å². The second-order valence-electron chi connectivity index (χ2n) is 11.9. The van der Waals surface area contributed by atoms with E-state index in [9.17, 15) is 39.6 Å². The molecule has 1 fully saturated rings. The second-order valence-corrected chi connectivity index (χ2v) is 11.9. The quantitative estimate of drug-likeness (QED) is 0.136. The number of Topliss-reactive ketones (excluding diaryl/α,β-unsaturated/α-hetero) is 2. The van der Waals surface area contributed by atoms with Gasteiger partial charge in [0.1, 0.15) is 22.8 Å². The van der Waals surface area contributed by atoms with Gasteiger partial charge in [-0.05, 0) is 66.7 Å². The first kappa shape index (κ1) is 30.0. The molecule has 0 bridgehead atoms. The largest absolute Gasteiger partial charge is 0.508 e. The fourth-order valence-electron chi connectivity index (χ4n) is 6.54. The van der Waals surface area contributed by atoms with Crippen molar-refractivity contribution in [3.05, 3.63) is 51.8 Å². The molecule has 0 aliphatic heterocycles. The third-order valence-corrected chi connectivity index (χ3v) is 8.46. The van der Waals surface area contributed by atoms with E-state index in [2.05, 4.69) is 13.8 Å². The molecule has 0 radical (unpaired) electrons. The molecular formula is C31H37NO9. The van der Waals surface area contributed by atoms with Crippen molar-refractivity contribution in [3.8, 4) is 5.75 Å². The SMILES string of the molecule is CC(C)CCCOC(=O)/C=C/c1ccc(O)c2c1C[C@H]1C[C@H]3[C@H](C(C)C)C(=O)C(C(N)=O)=C(O)[C@@]3(O)C(=O)C1=C2O. The number of carbonyl (C=O) groups excluding carboxylic acids is 4. The van der Waals surface area contributed by atoms with Gasteiger partial charge in [0.2, 0.25) is 5.78 Å². The number of aliphatic hydroxyl groups is 3. The van der Waals surface area contributed by atoms with E-state index in [4.69, 9.17) is 10.5 Å². The lowest BCUT2D eigenvalue weighted by atomic mass is 9.54. The summed E-state index contributed by atoms with van der Waals surface area (Å²) in [6.45, 7) is 7.86. The standard InChI is InChI=1S/C31H37NO9/c1-14(2)6-5-11-41-21(34)10-8-16-7-9-20(33)24-18(16)12-17-13-19-22(15(3)4)26(35)25(30(32)39)29(38)31(19,40)28(37)23(17)27(24)36/h7-10,14-15,17,19,22,33,36,38,40H,5-6,11-13H2,1-4H3,(H2,32,39)/b10-8+/t17-,19-,22-,31-/m0/s1. The van der Waals surface area contributed by atoms with Crippen molar-refractivity contribution >= 4 is 35.3 Å². The fourth-order valence-corrected chi connectivity index (χ4v) is 6.54. The summed E-state index contributed by atoms with van der Waals surface area (Å²) in [5.41, 5.74) is 2.60. The van der Waals surface area contributed by atoms with Crippen LogP contribution in [0, 0.1) is 29.6 Å². The Labute approximate surface area is 238 Å². The van der Waals surface area contributed by atoms with Crippen molar-refractivity contribution in [1.29, 1.82) is 0 Å². The molecule has 0 spiro atoms. The first-order chi connectivity index (χ1) is 19.2. The number of ketones is 2. The summed E-state index contributed by atoms with van der Waals surface area (Å²) in [7, 11) is 0. The molecule has 4 rings (SSSR count). The number of phenols is 1. The number of benzene rings is 1. The Kier molecular flexibility index (Phi) is 8.18. The number of aromatic hydroxyl groups is 1. The summed E-state index contributed by atoms with van der Waals surface area (Å²) in [6.07, 6.45) is 4.58. The van der Waals surface area contributed by atoms with E-state index in [1.165, 1.54) is 18.2 Å². The average Bonchev–Trinajstić information content (AvgIpc) is 2.87. The molecule has 220 valence electrons. The molecule has 1 saturated carbocycles. The predicted octanol–water partition coefficient (Wildman–Crippen LogP) is 3.30. The molecule has 6 N–H and O–H groups in total. The van der Waals surface area contributed by atoms with Crippen LogP contribution in [-0.4, -0.2) is 56.1 Å². The maximum atomic E-state index is 13.9. The number of hydrogen-bond acceptors (Lipinski definition) is 9. The van der Waals surface area contributed by atoms with Gasteiger partial charge in [0, 0.05) is 23.5 Å². The zero-order chi connectivity index (χ0) is 30.4. The van der Waals surface area contributed by atoms with Gasteiger partial charge >= 0.3 is 5.97 Å². The minimum atomic E-state index is -2.66. The van der Waals surface area contributed by atoms with E-state index in [-0.39, 0.29) is 36.3 Å². The van der Waals surface area contributed by atoms with Crippen LogP contribution in [0.1, 0.15) is 63.6 Å². The van der Waals surface area contributed by atoms with Gasteiger partial charge in [0.15, 0.2) is 11.4 Å². The van der Waals surface area contributed by atoms with Crippen molar-refractivity contribution in [3.63, 3.8) is 0 Å². The minimum absolute atomic E-state index is 0.0163. The number of phenolic OH excluding ortho intramolecular Hbond substituents is 1. The number of aliphatic hydroxyl groups excluding tert-OH is 2. The van der Waals surface area contributed by atoms with Crippen LogP contribution < -0.4 is 5.73 Å². The van der Waals surface area contributed by atoms with E-state index >= 15 is 0 Å². The molecule has 1 aromatic rings. The minimum Gasteiger partial charge on any atom is -0.508 e. The molecule has 10 nitrogen and oxygen atoms in total. The van der Waals surface area contributed by atoms with Gasteiger partial charge in [-0.25, -0.2) is 4.79 Å². The van der Waals surface area contributed by atoms with Crippen LogP contribution in [0.15, 0.2) is 35.1 Å². The van der Waals surface area contributed by atoms with Gasteiger partial charge < -0.3 is 30.9 Å². The van der Waals surface area contributed by atoms with E-state index in [1.807, 2.05) is 0 Å². The molecule has 3 aliphatic carbocycles. The number of carbonyl (C=O) groups is 4. The number of primary amides is 1. The molecule has 10 heteroatoms. The highest BCUT2D eigenvalue weighted by Crippen LogP contribution is 2.54. The van der Waals surface area contributed by atoms with Gasteiger partial charge in [-0.1, -0.05) is 33.8 Å². The van der Waals surface area contributed by atoms with Crippen LogP contribution >= 0.6 is 0 Å². The molecule has 0 heterocycles. The molecule has 1 amide bonds. The molecule has 0 aromatic heterocycles. The van der Waals surface area contributed by atoms with Crippen molar-refractivity contribution < 1.29 is 44.3 Å². The molecule has 0 unspecified atom stereocenters. The number of fused-ring (bicyclic) bond motifs is 3. The van der Waals surface area contributed by atoms with Gasteiger partial charge in [-0.3, -0.25) is 14.4 Å². The first-order valence-corrected chi connectivity index (χ1v) is 13.9. The van der Waals surface area contributed by atoms with Crippen LogP contribution in [0.25, 0.3) is 11.8 Å². The maximum Gasteiger partial charge on any atom is 0.330 e. The monoisotopic (exact) mass is 567 g/mol. The Morgan fingerprint density at radius 1 is 1.15 bits per heavy atom. The van der Waals surface area contributed by atoms with Crippen molar-refractivity contribution in [2.24, 2.45) is 35.3 Å². The smallest absolute Gasteiger partial charge is 0.330 e. The summed E-state index contributed by atoms with van der Waals surface area (Å²) in [6, 6.07) is 2.88. The molecule has 3 aliphatic rings. The number of amides is 1. The zero-order valence-corrected chi connectivity index (χ0v) is 23.6. The molecular weight excluding hydrogens is 530 g/mol. The van der Waals surface area contributed by atoms with E-state index < -0.39 is 69.8 Å². The Morgan fingerprint density at radius 3 is 2.44 bits per heavy atom. The highest BCUT2D eigenvalue weighted by molar-refractivity contribution is 6.23. The Bertz CT molecular complexity index is 1400. The predicted molar refractivity (Wildman–Crippen MR) is 149 cm³/mol. The maximum absolute atomic E-state index is 13.9. The molecule has 41 heavy (non-hydrogen) atoms. The lowest BCUT2D eigenvalue weighted by molar-refractivity contribution is -0.155. The Balaban J connectivity index is 1.75. The number of ether oxygens (including phenoxy) is 1. The number of rotatable bonds is 8. The third kappa shape index (κ3) is 5.05.